The molecule has 0 amide bonds. The fraction of sp³-hybridized carbons (Fsp3) is 0.333. The Bertz CT molecular complexity index is 1090. The number of fused-ring (bicyclic) bond motifs is 1. The van der Waals surface area contributed by atoms with Gasteiger partial charge in [-0.05, 0) is 49.1 Å². The first-order valence-corrected chi connectivity index (χ1v) is 11.0. The molecule has 1 fully saturated rings. The minimum atomic E-state index is -3.55. The molecule has 4 rings (SSSR count). The summed E-state index contributed by atoms with van der Waals surface area (Å²) in [4.78, 5) is 16.8. The van der Waals surface area contributed by atoms with Crippen LogP contribution in [-0.4, -0.2) is 24.9 Å². The normalized spacial score (nSPS) is 15.5. The second-order valence-corrected chi connectivity index (χ2v) is 9.26. The van der Waals surface area contributed by atoms with Crippen LogP contribution in [0.25, 0.3) is 17.2 Å². The Hall–Kier alpha value is -2.54. The number of ketones is 1. The number of halogens is 1. The van der Waals surface area contributed by atoms with Crippen molar-refractivity contribution in [3.05, 3.63) is 53.1 Å². The number of nitrogens with zero attached hydrogens (tertiary/aromatic N) is 1. The first-order valence-electron chi connectivity index (χ1n) is 9.39. The minimum Gasteiger partial charge on any atom is -0.299 e. The second kappa shape index (κ2) is 7.13. The molecule has 0 radical (unpaired) electrons. The van der Waals surface area contributed by atoms with Crippen LogP contribution in [0.4, 0.5) is 10.1 Å². The topological polar surface area (TPSA) is 76.1 Å². The van der Waals surface area contributed by atoms with Gasteiger partial charge >= 0.3 is 0 Å². The van der Waals surface area contributed by atoms with Crippen LogP contribution in [0.5, 0.6) is 0 Å². The predicted octanol–water partition coefficient (Wildman–Crippen LogP) is 3.74. The van der Waals surface area contributed by atoms with E-state index >= 15 is 0 Å². The molecule has 1 N–H and O–H groups in total. The highest BCUT2D eigenvalue weighted by atomic mass is 32.2. The number of aromatic nitrogens is 1. The van der Waals surface area contributed by atoms with Crippen molar-refractivity contribution < 1.29 is 17.6 Å². The molecule has 7 heteroatoms. The molecule has 28 heavy (non-hydrogen) atoms. The largest absolute Gasteiger partial charge is 0.299 e. The minimum absolute atomic E-state index is 0.0732. The molecule has 1 aromatic carbocycles. The number of hydrogen-bond donors (Lipinski definition) is 1. The molecule has 2 aliphatic carbocycles. The lowest BCUT2D eigenvalue weighted by Gasteiger charge is -2.13. The number of anilines is 1. The molecule has 0 spiro atoms. The summed E-state index contributed by atoms with van der Waals surface area (Å²) < 4.78 is 40.2. The Kier molecular flexibility index (Phi) is 4.79. The van der Waals surface area contributed by atoms with E-state index < -0.39 is 15.8 Å². The number of Topliss-reactive ketones (excluding diaryl/α,β-unsaturated/α-hetero) is 1. The van der Waals surface area contributed by atoms with E-state index in [2.05, 4.69) is 9.71 Å². The third-order valence-electron chi connectivity index (χ3n) is 5.10. The van der Waals surface area contributed by atoms with Gasteiger partial charge in [0.1, 0.15) is 11.6 Å². The summed E-state index contributed by atoms with van der Waals surface area (Å²) in [6.07, 6.45) is 6.84. The van der Waals surface area contributed by atoms with Crippen molar-refractivity contribution in [2.45, 2.75) is 32.6 Å². The van der Waals surface area contributed by atoms with Crippen molar-refractivity contribution in [1.82, 2.24) is 4.98 Å². The molecule has 0 bridgehead atoms. The van der Waals surface area contributed by atoms with Crippen molar-refractivity contribution in [3.8, 4) is 11.1 Å². The summed E-state index contributed by atoms with van der Waals surface area (Å²) in [5.41, 5.74) is 3.86. The first-order chi connectivity index (χ1) is 13.4. The van der Waals surface area contributed by atoms with Gasteiger partial charge in [-0.25, -0.2) is 12.8 Å². The molecular weight excluding hydrogens is 379 g/mol. The molecule has 2 aromatic rings. The molecule has 1 saturated carbocycles. The second-order valence-electron chi connectivity index (χ2n) is 7.25. The van der Waals surface area contributed by atoms with E-state index in [1.165, 1.54) is 19.1 Å². The van der Waals surface area contributed by atoms with Crippen LogP contribution in [0.3, 0.4) is 0 Å². The van der Waals surface area contributed by atoms with Gasteiger partial charge < -0.3 is 0 Å². The molecule has 1 aromatic heterocycles. The Balaban J connectivity index is 1.70. The zero-order chi connectivity index (χ0) is 19.9. The fourth-order valence-corrected chi connectivity index (χ4v) is 4.00. The van der Waals surface area contributed by atoms with Gasteiger partial charge in [0, 0.05) is 30.0 Å². The number of nitrogens with one attached hydrogen (secondary N) is 1. The number of pyridine rings is 1. The predicted molar refractivity (Wildman–Crippen MR) is 107 cm³/mol. The number of allylic oxidation sites excluding steroid dienone is 1. The summed E-state index contributed by atoms with van der Waals surface area (Å²) in [6, 6.07) is 6.28. The van der Waals surface area contributed by atoms with Crippen LogP contribution < -0.4 is 4.72 Å². The van der Waals surface area contributed by atoms with E-state index in [9.17, 15) is 17.6 Å². The van der Waals surface area contributed by atoms with Gasteiger partial charge in [0.25, 0.3) is 0 Å². The fourth-order valence-electron chi connectivity index (χ4n) is 3.36. The average molecular weight is 400 g/mol. The molecule has 146 valence electrons. The standard InChI is InChI=1S/C21H21FN2O3S/c1-2-28(26,27)24-20-9-8-14(10-18(20)22)17-11-15(12-21(25)13-6-7-13)23-19-5-3-4-16(17)19/h3-4,8-11,13,24H,2,5-7,12H2,1H3. The molecule has 2 aliphatic rings. The van der Waals surface area contributed by atoms with Gasteiger partial charge in [0.2, 0.25) is 10.0 Å². The number of carbonyl (C=O) groups excluding carboxylic acids is 1. The van der Waals surface area contributed by atoms with E-state index in [-0.39, 0.29) is 23.1 Å². The number of hydrogen-bond acceptors (Lipinski definition) is 4. The average Bonchev–Trinajstić information content (AvgIpc) is 3.41. The first kappa shape index (κ1) is 18.8. The number of rotatable bonds is 7. The summed E-state index contributed by atoms with van der Waals surface area (Å²) >= 11 is 0. The Morgan fingerprint density at radius 1 is 1.29 bits per heavy atom. The molecule has 0 aliphatic heterocycles. The highest BCUT2D eigenvalue weighted by molar-refractivity contribution is 7.92. The van der Waals surface area contributed by atoms with Gasteiger partial charge in [0.15, 0.2) is 0 Å². The lowest BCUT2D eigenvalue weighted by atomic mass is 9.97. The van der Waals surface area contributed by atoms with Crippen LogP contribution in [0.15, 0.2) is 30.3 Å². The molecule has 0 atom stereocenters. The van der Waals surface area contributed by atoms with Crippen molar-refractivity contribution in [2.24, 2.45) is 5.92 Å². The molecule has 1 heterocycles. The third kappa shape index (κ3) is 3.85. The van der Waals surface area contributed by atoms with Crippen LogP contribution in [0.2, 0.25) is 0 Å². The van der Waals surface area contributed by atoms with E-state index in [4.69, 9.17) is 0 Å². The number of carbonyl (C=O) groups is 1. The molecular formula is C21H21FN2O3S. The van der Waals surface area contributed by atoms with E-state index in [0.29, 0.717) is 24.1 Å². The Morgan fingerprint density at radius 2 is 2.07 bits per heavy atom. The van der Waals surface area contributed by atoms with Crippen LogP contribution in [-0.2, 0) is 27.7 Å². The SMILES string of the molecule is CCS(=O)(=O)Nc1ccc(-c2cc(CC(=O)C3CC3)nc3c2C=CC3)cc1F. The molecule has 0 saturated heterocycles. The van der Waals surface area contributed by atoms with Gasteiger partial charge in [-0.3, -0.25) is 14.5 Å². The third-order valence-corrected chi connectivity index (χ3v) is 6.39. The summed E-state index contributed by atoms with van der Waals surface area (Å²) in [5.74, 6) is -0.396. The number of benzene rings is 1. The summed E-state index contributed by atoms with van der Waals surface area (Å²) in [5, 5.41) is 0. The summed E-state index contributed by atoms with van der Waals surface area (Å²) in [7, 11) is -3.55. The van der Waals surface area contributed by atoms with Crippen LogP contribution >= 0.6 is 0 Å². The van der Waals surface area contributed by atoms with Crippen molar-refractivity contribution in [1.29, 1.82) is 0 Å². The van der Waals surface area contributed by atoms with E-state index in [1.807, 2.05) is 18.2 Å². The lowest BCUT2D eigenvalue weighted by molar-refractivity contribution is -0.119. The quantitative estimate of drug-likeness (QED) is 0.768. The maximum atomic E-state index is 14.6. The Labute approximate surface area is 163 Å². The van der Waals surface area contributed by atoms with Crippen LogP contribution in [0.1, 0.15) is 36.7 Å². The van der Waals surface area contributed by atoms with Crippen molar-refractivity contribution in [2.75, 3.05) is 10.5 Å². The summed E-state index contributed by atoms with van der Waals surface area (Å²) in [6.45, 7) is 1.49. The van der Waals surface area contributed by atoms with E-state index in [1.54, 1.807) is 6.07 Å². The van der Waals surface area contributed by atoms with E-state index in [0.717, 1.165) is 29.7 Å². The van der Waals surface area contributed by atoms with Gasteiger partial charge in [0.05, 0.1) is 17.1 Å². The molecule has 0 unspecified atom stereocenters. The Morgan fingerprint density at radius 3 is 2.75 bits per heavy atom. The highest BCUT2D eigenvalue weighted by Gasteiger charge is 2.30. The van der Waals surface area contributed by atoms with Crippen molar-refractivity contribution >= 4 is 27.6 Å². The monoisotopic (exact) mass is 400 g/mol. The number of sulfonamides is 1. The molecule has 5 nitrogen and oxygen atoms in total. The lowest BCUT2D eigenvalue weighted by Crippen LogP contribution is -2.15. The van der Waals surface area contributed by atoms with Gasteiger partial charge in [-0.1, -0.05) is 18.2 Å². The maximum absolute atomic E-state index is 14.6. The van der Waals surface area contributed by atoms with Gasteiger partial charge in [-0.15, -0.1) is 0 Å². The smallest absolute Gasteiger partial charge is 0.232 e. The maximum Gasteiger partial charge on any atom is 0.232 e. The zero-order valence-electron chi connectivity index (χ0n) is 15.5. The van der Waals surface area contributed by atoms with Crippen LogP contribution in [0, 0.1) is 11.7 Å². The highest BCUT2D eigenvalue weighted by Crippen LogP contribution is 2.35. The zero-order valence-corrected chi connectivity index (χ0v) is 16.4. The van der Waals surface area contributed by atoms with Crippen molar-refractivity contribution in [3.63, 3.8) is 0 Å². The van der Waals surface area contributed by atoms with Gasteiger partial charge in [-0.2, -0.15) is 0 Å².